The Hall–Kier alpha value is -3.58. The van der Waals surface area contributed by atoms with Gasteiger partial charge >= 0.3 is 5.97 Å². The number of hydroxylamine groups is 1. The number of aryl methyl sites for hydroxylation is 1. The normalized spacial score (nSPS) is 11.4. The largest absolute Gasteiger partial charge is 0.493 e. The number of carboxylic acids is 1. The van der Waals surface area contributed by atoms with Crippen molar-refractivity contribution in [2.45, 2.75) is 33.1 Å². The van der Waals surface area contributed by atoms with Crippen LogP contribution >= 0.6 is 0 Å². The van der Waals surface area contributed by atoms with Crippen molar-refractivity contribution in [3.8, 4) is 17.2 Å². The van der Waals surface area contributed by atoms with Gasteiger partial charge in [0.05, 0.1) is 25.3 Å². The minimum Gasteiger partial charge on any atom is -0.493 e. The topological polar surface area (TPSA) is 93.8 Å². The molecule has 0 aliphatic rings. The highest BCUT2D eigenvalue weighted by atomic mass is 16.6. The van der Waals surface area contributed by atoms with Gasteiger partial charge in [-0.15, -0.1) is 0 Å². The molecule has 1 heterocycles. The Morgan fingerprint density at radius 3 is 2.56 bits per heavy atom. The van der Waals surface area contributed by atoms with Crippen LogP contribution in [-0.2, 0) is 16.1 Å². The Bertz CT molecular complexity index is 1030. The summed E-state index contributed by atoms with van der Waals surface area (Å²) in [7, 11) is 0. The molecule has 0 spiro atoms. The van der Waals surface area contributed by atoms with Crippen LogP contribution in [0.2, 0.25) is 0 Å². The van der Waals surface area contributed by atoms with E-state index in [2.05, 4.69) is 10.5 Å². The number of oxazole rings is 1. The fourth-order valence-electron chi connectivity index (χ4n) is 3.02. The van der Waals surface area contributed by atoms with Crippen molar-refractivity contribution in [3.63, 3.8) is 0 Å². The quantitative estimate of drug-likeness (QED) is 0.304. The van der Waals surface area contributed by atoms with Gasteiger partial charge in [0.1, 0.15) is 11.5 Å². The predicted molar refractivity (Wildman–Crippen MR) is 122 cm³/mol. The summed E-state index contributed by atoms with van der Waals surface area (Å²) in [6.07, 6.45) is 3.06. The number of nitrogens with one attached hydrogen (secondary N) is 1. The van der Waals surface area contributed by atoms with E-state index < -0.39 is 5.97 Å². The Morgan fingerprint density at radius 2 is 1.88 bits per heavy atom. The van der Waals surface area contributed by atoms with E-state index in [1.165, 1.54) is 0 Å². The standard InChI is InChI=1S/C25H28N2O5/c1-3-14-31-27-21(17-24(28)29)16-19-9-11-22(12-10-19)30-15-13-23-18(2)32-25(26-23)20-7-5-4-6-8-20/h4-12,16,27H,3,13-15,17H2,1-2H3,(H,28,29). The second-order valence-corrected chi connectivity index (χ2v) is 7.25. The van der Waals surface area contributed by atoms with E-state index >= 15 is 0 Å². The molecule has 0 aliphatic carbocycles. The maximum absolute atomic E-state index is 11.1. The minimum atomic E-state index is -0.928. The number of ether oxygens (including phenoxy) is 1. The van der Waals surface area contributed by atoms with Crippen LogP contribution in [0.4, 0.5) is 0 Å². The van der Waals surface area contributed by atoms with E-state index in [9.17, 15) is 4.79 Å². The molecule has 2 N–H and O–H groups in total. The Morgan fingerprint density at radius 1 is 1.12 bits per heavy atom. The van der Waals surface area contributed by atoms with Gasteiger partial charge in [-0.05, 0) is 49.2 Å². The summed E-state index contributed by atoms with van der Waals surface area (Å²) in [4.78, 5) is 20.9. The molecule has 32 heavy (non-hydrogen) atoms. The van der Waals surface area contributed by atoms with E-state index in [0.717, 1.165) is 34.8 Å². The molecular formula is C25H28N2O5. The molecule has 0 aliphatic heterocycles. The van der Waals surface area contributed by atoms with Gasteiger partial charge < -0.3 is 14.3 Å². The summed E-state index contributed by atoms with van der Waals surface area (Å²) in [6.45, 7) is 4.85. The molecule has 3 aromatic rings. The van der Waals surface area contributed by atoms with E-state index in [-0.39, 0.29) is 6.42 Å². The van der Waals surface area contributed by atoms with Crippen molar-refractivity contribution in [1.29, 1.82) is 0 Å². The first-order valence-electron chi connectivity index (χ1n) is 10.6. The number of rotatable bonds is 12. The summed E-state index contributed by atoms with van der Waals surface area (Å²) in [5, 5.41) is 9.07. The van der Waals surface area contributed by atoms with E-state index in [4.69, 9.17) is 19.1 Å². The van der Waals surface area contributed by atoms with Gasteiger partial charge in [0, 0.05) is 17.7 Å². The lowest BCUT2D eigenvalue weighted by Gasteiger charge is -2.09. The first kappa shape index (κ1) is 23.1. The second-order valence-electron chi connectivity index (χ2n) is 7.25. The van der Waals surface area contributed by atoms with Crippen LogP contribution in [0, 0.1) is 6.92 Å². The molecular weight excluding hydrogens is 408 g/mol. The van der Waals surface area contributed by atoms with Crippen LogP contribution < -0.4 is 10.2 Å². The third kappa shape index (κ3) is 6.99. The average Bonchev–Trinajstić information content (AvgIpc) is 3.16. The second kappa shape index (κ2) is 11.7. The number of carbonyl (C=O) groups is 1. The Kier molecular flexibility index (Phi) is 8.45. The van der Waals surface area contributed by atoms with Gasteiger partial charge in [-0.1, -0.05) is 37.3 Å². The molecule has 7 nitrogen and oxygen atoms in total. The smallest absolute Gasteiger partial charge is 0.309 e. The zero-order chi connectivity index (χ0) is 22.8. The lowest BCUT2D eigenvalue weighted by atomic mass is 10.1. The van der Waals surface area contributed by atoms with Crippen LogP contribution in [0.25, 0.3) is 17.5 Å². The van der Waals surface area contributed by atoms with Gasteiger partial charge in [-0.3, -0.25) is 15.1 Å². The summed E-state index contributed by atoms with van der Waals surface area (Å²) >= 11 is 0. The lowest BCUT2D eigenvalue weighted by molar-refractivity contribution is -0.136. The molecule has 0 fully saturated rings. The van der Waals surface area contributed by atoms with Gasteiger partial charge in [0.2, 0.25) is 5.89 Å². The monoisotopic (exact) mass is 436 g/mol. The summed E-state index contributed by atoms with van der Waals surface area (Å²) in [6, 6.07) is 17.2. The third-order valence-electron chi connectivity index (χ3n) is 4.59. The number of aromatic nitrogens is 1. The van der Waals surface area contributed by atoms with Crippen molar-refractivity contribution in [3.05, 3.63) is 77.3 Å². The Labute approximate surface area is 187 Å². The number of carboxylic acid groups (broad SMARTS) is 1. The summed E-state index contributed by atoms with van der Waals surface area (Å²) in [5.41, 5.74) is 5.87. The molecule has 1 aromatic heterocycles. The van der Waals surface area contributed by atoms with Crippen molar-refractivity contribution >= 4 is 12.0 Å². The molecule has 168 valence electrons. The van der Waals surface area contributed by atoms with Crippen molar-refractivity contribution in [1.82, 2.24) is 10.5 Å². The van der Waals surface area contributed by atoms with E-state index in [1.54, 1.807) is 6.08 Å². The van der Waals surface area contributed by atoms with E-state index in [1.807, 2.05) is 68.4 Å². The number of hydrogen-bond donors (Lipinski definition) is 2. The van der Waals surface area contributed by atoms with Crippen LogP contribution in [-0.4, -0.2) is 29.3 Å². The molecule has 7 heteroatoms. The number of hydrogen-bond acceptors (Lipinski definition) is 6. The average molecular weight is 437 g/mol. The molecule has 0 radical (unpaired) electrons. The molecule has 0 amide bonds. The van der Waals surface area contributed by atoms with Crippen molar-refractivity contribution < 1.29 is 23.9 Å². The van der Waals surface area contributed by atoms with Crippen molar-refractivity contribution in [2.75, 3.05) is 13.2 Å². The zero-order valence-electron chi connectivity index (χ0n) is 18.3. The molecule has 2 aromatic carbocycles. The number of aliphatic carboxylic acids is 1. The zero-order valence-corrected chi connectivity index (χ0v) is 18.3. The fraction of sp³-hybridized carbons (Fsp3) is 0.280. The molecule has 0 unspecified atom stereocenters. The van der Waals surface area contributed by atoms with E-state index in [0.29, 0.717) is 31.2 Å². The van der Waals surface area contributed by atoms with Gasteiger partial charge in [-0.2, -0.15) is 0 Å². The predicted octanol–water partition coefficient (Wildman–Crippen LogP) is 5.02. The van der Waals surface area contributed by atoms with Crippen LogP contribution in [0.1, 0.15) is 36.8 Å². The molecule has 0 saturated carbocycles. The van der Waals surface area contributed by atoms with Crippen LogP contribution in [0.15, 0.2) is 64.7 Å². The van der Waals surface area contributed by atoms with Crippen LogP contribution in [0.5, 0.6) is 5.75 Å². The minimum absolute atomic E-state index is 0.149. The highest BCUT2D eigenvalue weighted by molar-refractivity contribution is 5.72. The molecule has 0 bridgehead atoms. The summed E-state index contributed by atoms with van der Waals surface area (Å²) < 4.78 is 11.6. The van der Waals surface area contributed by atoms with Gasteiger partial charge in [-0.25, -0.2) is 4.98 Å². The third-order valence-corrected chi connectivity index (χ3v) is 4.59. The first-order valence-corrected chi connectivity index (χ1v) is 10.6. The number of benzene rings is 2. The Balaban J connectivity index is 1.55. The molecule has 0 atom stereocenters. The first-order chi connectivity index (χ1) is 15.5. The van der Waals surface area contributed by atoms with Crippen LogP contribution in [0.3, 0.4) is 0 Å². The SMILES string of the molecule is CCCONC(=Cc1ccc(OCCc2nc(-c3ccccc3)oc2C)cc1)CC(=O)O. The molecule has 0 saturated heterocycles. The molecule has 3 rings (SSSR count). The van der Waals surface area contributed by atoms with Gasteiger partial charge in [0.15, 0.2) is 0 Å². The fourth-order valence-corrected chi connectivity index (χ4v) is 3.02. The number of nitrogens with zero attached hydrogens (tertiary/aromatic N) is 1. The summed E-state index contributed by atoms with van der Waals surface area (Å²) in [5.74, 6) is 1.20. The maximum Gasteiger partial charge on any atom is 0.309 e. The van der Waals surface area contributed by atoms with Gasteiger partial charge in [0.25, 0.3) is 0 Å². The highest BCUT2D eigenvalue weighted by Gasteiger charge is 2.11. The lowest BCUT2D eigenvalue weighted by Crippen LogP contribution is -2.17. The van der Waals surface area contributed by atoms with Crippen molar-refractivity contribution in [2.24, 2.45) is 0 Å². The highest BCUT2D eigenvalue weighted by Crippen LogP contribution is 2.22. The maximum atomic E-state index is 11.1.